The molecule has 142 valence electrons. The second kappa shape index (κ2) is 10.2. The lowest BCUT2D eigenvalue weighted by Gasteiger charge is -2.14. The topological polar surface area (TPSA) is 103 Å². The van der Waals surface area contributed by atoms with E-state index in [0.717, 1.165) is 0 Å². The molecule has 0 aliphatic rings. The highest BCUT2D eigenvalue weighted by Gasteiger charge is 2.17. The molecular weight excluding hydrogens is 348 g/mol. The number of hydrogen-bond donors (Lipinski definition) is 2. The van der Waals surface area contributed by atoms with E-state index in [-0.39, 0.29) is 29.8 Å². The third-order valence-electron chi connectivity index (χ3n) is 3.47. The number of carbonyl (C=O) groups excluding carboxylic acids is 1. The van der Waals surface area contributed by atoms with Gasteiger partial charge in [0.05, 0.1) is 19.1 Å². The summed E-state index contributed by atoms with van der Waals surface area (Å²) in [6.07, 6.45) is 0.740. The number of benzene rings is 1. The number of sulfonamides is 1. The van der Waals surface area contributed by atoms with Gasteiger partial charge in [-0.3, -0.25) is 4.79 Å². The zero-order valence-electron chi connectivity index (χ0n) is 15.0. The molecule has 1 rings (SSSR count). The van der Waals surface area contributed by atoms with E-state index in [4.69, 9.17) is 14.2 Å². The van der Waals surface area contributed by atoms with Crippen molar-refractivity contribution >= 4 is 15.9 Å². The van der Waals surface area contributed by atoms with E-state index in [2.05, 4.69) is 10.0 Å². The summed E-state index contributed by atoms with van der Waals surface area (Å²) < 4.78 is 42.1. The molecule has 1 aromatic rings. The minimum absolute atomic E-state index is 0.000487. The van der Waals surface area contributed by atoms with E-state index in [0.29, 0.717) is 24.5 Å². The van der Waals surface area contributed by atoms with Crippen molar-refractivity contribution in [1.29, 1.82) is 0 Å². The molecule has 0 aromatic heterocycles. The van der Waals surface area contributed by atoms with Gasteiger partial charge in [0.25, 0.3) is 0 Å². The van der Waals surface area contributed by atoms with Crippen LogP contribution < -0.4 is 19.5 Å². The zero-order valence-corrected chi connectivity index (χ0v) is 15.8. The van der Waals surface area contributed by atoms with Crippen molar-refractivity contribution in [3.05, 3.63) is 18.2 Å². The Hall–Kier alpha value is -1.84. The Balaban J connectivity index is 2.57. The lowest BCUT2D eigenvalue weighted by atomic mass is 10.2. The van der Waals surface area contributed by atoms with Crippen LogP contribution in [0.4, 0.5) is 0 Å². The minimum Gasteiger partial charge on any atom is -0.493 e. The third-order valence-corrected chi connectivity index (χ3v) is 4.93. The summed E-state index contributed by atoms with van der Waals surface area (Å²) in [4.78, 5) is 11.8. The number of rotatable bonds is 11. The monoisotopic (exact) mass is 374 g/mol. The quantitative estimate of drug-likeness (QED) is 0.597. The normalized spacial score (nSPS) is 12.5. The summed E-state index contributed by atoms with van der Waals surface area (Å²) in [5.41, 5.74) is 0. The van der Waals surface area contributed by atoms with Gasteiger partial charge in [0, 0.05) is 38.8 Å². The third kappa shape index (κ3) is 6.89. The standard InChI is InChI=1S/C16H26N2O6S/c1-12(8-10-22-2)18-16(19)7-9-17-25(20,21)13-5-6-14(23-3)15(11-13)24-4/h5-6,11-12,17H,7-10H2,1-4H3,(H,18,19). The van der Waals surface area contributed by atoms with Gasteiger partial charge in [-0.2, -0.15) is 0 Å². The predicted molar refractivity (Wildman–Crippen MR) is 93.4 cm³/mol. The van der Waals surface area contributed by atoms with Crippen molar-refractivity contribution < 1.29 is 27.4 Å². The lowest BCUT2D eigenvalue weighted by molar-refractivity contribution is -0.121. The lowest BCUT2D eigenvalue weighted by Crippen LogP contribution is -2.36. The molecule has 25 heavy (non-hydrogen) atoms. The molecule has 1 aromatic carbocycles. The number of amides is 1. The Kier molecular flexibility index (Phi) is 8.67. The number of nitrogens with one attached hydrogen (secondary N) is 2. The van der Waals surface area contributed by atoms with E-state index in [1.165, 1.54) is 32.4 Å². The molecule has 0 heterocycles. The summed E-state index contributed by atoms with van der Waals surface area (Å²) >= 11 is 0. The predicted octanol–water partition coefficient (Wildman–Crippen LogP) is 0.913. The summed E-state index contributed by atoms with van der Waals surface area (Å²) in [5, 5.41) is 2.78. The SMILES string of the molecule is COCCC(C)NC(=O)CCNS(=O)(=O)c1ccc(OC)c(OC)c1. The van der Waals surface area contributed by atoms with E-state index in [1.807, 2.05) is 6.92 Å². The van der Waals surface area contributed by atoms with Crippen LogP contribution in [0.25, 0.3) is 0 Å². The molecule has 0 aliphatic carbocycles. The molecular formula is C16H26N2O6S. The smallest absolute Gasteiger partial charge is 0.240 e. The zero-order chi connectivity index (χ0) is 18.9. The van der Waals surface area contributed by atoms with E-state index < -0.39 is 10.0 Å². The maximum atomic E-state index is 12.3. The minimum atomic E-state index is -3.74. The van der Waals surface area contributed by atoms with Gasteiger partial charge in [-0.15, -0.1) is 0 Å². The number of ether oxygens (including phenoxy) is 3. The van der Waals surface area contributed by atoms with Crippen molar-refractivity contribution in [3.63, 3.8) is 0 Å². The van der Waals surface area contributed by atoms with Crippen LogP contribution in [0.5, 0.6) is 11.5 Å². The molecule has 0 bridgehead atoms. The Bertz CT molecular complexity index is 663. The Labute approximate surface area is 148 Å². The van der Waals surface area contributed by atoms with Crippen LogP contribution in [0.15, 0.2) is 23.1 Å². The van der Waals surface area contributed by atoms with Gasteiger partial charge in [0.2, 0.25) is 15.9 Å². The van der Waals surface area contributed by atoms with Crippen molar-refractivity contribution in [2.45, 2.75) is 30.7 Å². The fourth-order valence-electron chi connectivity index (χ4n) is 2.08. The molecule has 0 fully saturated rings. The molecule has 1 unspecified atom stereocenters. The number of carbonyl (C=O) groups is 1. The molecule has 0 saturated carbocycles. The molecule has 0 spiro atoms. The summed E-state index contributed by atoms with van der Waals surface area (Å²) in [6, 6.07) is 4.26. The second-order valence-electron chi connectivity index (χ2n) is 5.41. The van der Waals surface area contributed by atoms with Crippen LogP contribution in [0.3, 0.4) is 0 Å². The first-order valence-corrected chi connectivity index (χ1v) is 9.32. The fraction of sp³-hybridized carbons (Fsp3) is 0.562. The fourth-order valence-corrected chi connectivity index (χ4v) is 3.13. The molecule has 2 N–H and O–H groups in total. The highest BCUT2D eigenvalue weighted by Crippen LogP contribution is 2.29. The molecule has 0 aliphatic heterocycles. The van der Waals surface area contributed by atoms with Gasteiger partial charge in [-0.25, -0.2) is 13.1 Å². The first-order valence-electron chi connectivity index (χ1n) is 7.84. The van der Waals surface area contributed by atoms with Crippen molar-refractivity contribution in [2.75, 3.05) is 34.5 Å². The second-order valence-corrected chi connectivity index (χ2v) is 7.18. The van der Waals surface area contributed by atoms with Gasteiger partial charge in [0.15, 0.2) is 11.5 Å². The highest BCUT2D eigenvalue weighted by atomic mass is 32.2. The van der Waals surface area contributed by atoms with Gasteiger partial charge in [-0.1, -0.05) is 0 Å². The molecule has 8 nitrogen and oxygen atoms in total. The van der Waals surface area contributed by atoms with Crippen LogP contribution in [0, 0.1) is 0 Å². The molecule has 0 radical (unpaired) electrons. The number of hydrogen-bond acceptors (Lipinski definition) is 6. The van der Waals surface area contributed by atoms with Gasteiger partial charge < -0.3 is 19.5 Å². The Morgan fingerprint density at radius 1 is 1.16 bits per heavy atom. The average Bonchev–Trinajstić information content (AvgIpc) is 2.58. The van der Waals surface area contributed by atoms with Crippen LogP contribution in [0.1, 0.15) is 19.8 Å². The van der Waals surface area contributed by atoms with Crippen molar-refractivity contribution in [1.82, 2.24) is 10.0 Å². The van der Waals surface area contributed by atoms with Crippen molar-refractivity contribution in [3.8, 4) is 11.5 Å². The number of methoxy groups -OCH3 is 3. The van der Waals surface area contributed by atoms with Gasteiger partial charge >= 0.3 is 0 Å². The first-order chi connectivity index (χ1) is 11.8. The largest absolute Gasteiger partial charge is 0.493 e. The van der Waals surface area contributed by atoms with E-state index in [9.17, 15) is 13.2 Å². The van der Waals surface area contributed by atoms with Crippen LogP contribution in [-0.2, 0) is 19.6 Å². The summed E-state index contributed by atoms with van der Waals surface area (Å²) in [5.74, 6) is 0.527. The molecule has 9 heteroatoms. The maximum Gasteiger partial charge on any atom is 0.240 e. The van der Waals surface area contributed by atoms with Gasteiger partial charge in [0.1, 0.15) is 0 Å². The highest BCUT2D eigenvalue weighted by molar-refractivity contribution is 7.89. The van der Waals surface area contributed by atoms with E-state index >= 15 is 0 Å². The molecule has 1 amide bonds. The van der Waals surface area contributed by atoms with E-state index in [1.54, 1.807) is 7.11 Å². The van der Waals surface area contributed by atoms with Crippen LogP contribution in [0.2, 0.25) is 0 Å². The first kappa shape index (κ1) is 21.2. The van der Waals surface area contributed by atoms with Gasteiger partial charge in [-0.05, 0) is 25.5 Å². The van der Waals surface area contributed by atoms with Crippen molar-refractivity contribution in [2.24, 2.45) is 0 Å². The molecule has 0 saturated heterocycles. The Morgan fingerprint density at radius 3 is 2.44 bits per heavy atom. The summed E-state index contributed by atoms with van der Waals surface area (Å²) in [6.45, 7) is 2.41. The molecule has 1 atom stereocenters. The summed E-state index contributed by atoms with van der Waals surface area (Å²) in [7, 11) is 0.749. The van der Waals surface area contributed by atoms with Crippen LogP contribution >= 0.6 is 0 Å². The average molecular weight is 374 g/mol. The van der Waals surface area contributed by atoms with Crippen LogP contribution in [-0.4, -0.2) is 54.8 Å². The Morgan fingerprint density at radius 2 is 1.84 bits per heavy atom. The maximum absolute atomic E-state index is 12.3.